The Morgan fingerprint density at radius 2 is 1.82 bits per heavy atom. The van der Waals surface area contributed by atoms with Crippen LogP contribution in [-0.2, 0) is 16.3 Å². The third-order valence-electron chi connectivity index (χ3n) is 3.52. The minimum Gasteiger partial charge on any atom is -0.497 e. The Balaban J connectivity index is 2.11. The van der Waals surface area contributed by atoms with Crippen LogP contribution in [0, 0.1) is 0 Å². The summed E-state index contributed by atoms with van der Waals surface area (Å²) in [5.41, 5.74) is 1.36. The maximum atomic E-state index is 12.5. The molecule has 1 aliphatic heterocycles. The van der Waals surface area contributed by atoms with Crippen LogP contribution in [0.1, 0.15) is 15.9 Å². The van der Waals surface area contributed by atoms with Crippen LogP contribution >= 0.6 is 11.8 Å². The van der Waals surface area contributed by atoms with E-state index in [9.17, 15) is 13.2 Å². The van der Waals surface area contributed by atoms with Gasteiger partial charge in [0.15, 0.2) is 15.6 Å². The number of carbonyl (C=O) groups is 1. The van der Waals surface area contributed by atoms with Gasteiger partial charge in [0.2, 0.25) is 0 Å². The average Bonchev–Trinajstić information content (AvgIpc) is 2.61. The molecule has 2 aromatic carbocycles. The molecule has 114 valence electrons. The lowest BCUT2D eigenvalue weighted by atomic mass is 10.0. The zero-order chi connectivity index (χ0) is 15.9. The molecular formula is C16H14O4S2. The van der Waals surface area contributed by atoms with Crippen LogP contribution < -0.4 is 4.74 Å². The Labute approximate surface area is 133 Å². The minimum atomic E-state index is -3.33. The Hall–Kier alpha value is -1.79. The van der Waals surface area contributed by atoms with Crippen LogP contribution in [0.4, 0.5) is 0 Å². The zero-order valence-electron chi connectivity index (χ0n) is 12.1. The van der Waals surface area contributed by atoms with Crippen molar-refractivity contribution in [2.75, 3.05) is 13.4 Å². The van der Waals surface area contributed by atoms with Gasteiger partial charge in [0.05, 0.1) is 12.0 Å². The van der Waals surface area contributed by atoms with Gasteiger partial charge in [-0.2, -0.15) is 0 Å². The second-order valence-corrected chi connectivity index (χ2v) is 8.21. The first-order valence-electron chi connectivity index (χ1n) is 6.60. The molecule has 0 amide bonds. The minimum absolute atomic E-state index is 0.0833. The summed E-state index contributed by atoms with van der Waals surface area (Å²) >= 11 is 1.47. The van der Waals surface area contributed by atoms with E-state index >= 15 is 0 Å². The van der Waals surface area contributed by atoms with Crippen LogP contribution in [0.3, 0.4) is 0 Å². The predicted molar refractivity (Wildman–Crippen MR) is 84.7 cm³/mol. The Morgan fingerprint density at radius 1 is 1.09 bits per heavy atom. The highest BCUT2D eigenvalue weighted by molar-refractivity contribution is 7.99. The zero-order valence-corrected chi connectivity index (χ0v) is 13.8. The third kappa shape index (κ3) is 2.76. The number of hydrogen-bond donors (Lipinski definition) is 0. The summed E-state index contributed by atoms with van der Waals surface area (Å²) < 4.78 is 28.6. The van der Waals surface area contributed by atoms with Crippen molar-refractivity contribution in [3.63, 3.8) is 0 Å². The molecule has 0 saturated heterocycles. The van der Waals surface area contributed by atoms with Crippen molar-refractivity contribution in [2.24, 2.45) is 0 Å². The van der Waals surface area contributed by atoms with Gasteiger partial charge >= 0.3 is 0 Å². The lowest BCUT2D eigenvalue weighted by Crippen LogP contribution is -2.06. The third-order valence-corrected chi connectivity index (χ3v) is 5.82. The number of hydrogen-bond acceptors (Lipinski definition) is 5. The summed E-state index contributed by atoms with van der Waals surface area (Å²) in [4.78, 5) is 14.4. The number of carbonyl (C=O) groups excluding carboxylic acids is 1. The fraction of sp³-hybridized carbons (Fsp3) is 0.188. The standard InChI is InChI=1S/C16H14O4S2/c1-20-11-3-5-15-10(7-11)8-14(17)13-9-12(22(2,18)19)4-6-16(13)21-15/h3-7,9H,8H2,1-2H3. The van der Waals surface area contributed by atoms with Crippen LogP contribution in [-0.4, -0.2) is 27.6 Å². The number of ketones is 1. The van der Waals surface area contributed by atoms with Gasteiger partial charge in [-0.3, -0.25) is 4.79 Å². The largest absolute Gasteiger partial charge is 0.497 e. The van der Waals surface area contributed by atoms with E-state index in [1.165, 1.54) is 17.8 Å². The monoisotopic (exact) mass is 334 g/mol. The molecule has 2 aromatic rings. The second kappa shape index (κ2) is 5.44. The maximum absolute atomic E-state index is 12.5. The molecule has 0 bridgehead atoms. The van der Waals surface area contributed by atoms with E-state index in [0.29, 0.717) is 11.3 Å². The van der Waals surface area contributed by atoms with Crippen molar-refractivity contribution in [2.45, 2.75) is 21.1 Å². The lowest BCUT2D eigenvalue weighted by molar-refractivity contribution is 0.0990. The highest BCUT2D eigenvalue weighted by atomic mass is 32.2. The molecule has 1 heterocycles. The first-order valence-corrected chi connectivity index (χ1v) is 9.31. The van der Waals surface area contributed by atoms with E-state index in [4.69, 9.17) is 4.74 Å². The van der Waals surface area contributed by atoms with Gasteiger partial charge in [-0.25, -0.2) is 8.42 Å². The Kier molecular flexibility index (Phi) is 3.74. The molecule has 3 rings (SSSR count). The van der Waals surface area contributed by atoms with E-state index in [2.05, 4.69) is 0 Å². The van der Waals surface area contributed by atoms with Crippen molar-refractivity contribution in [1.29, 1.82) is 0 Å². The van der Waals surface area contributed by atoms with Gasteiger partial charge in [-0.15, -0.1) is 0 Å². The van der Waals surface area contributed by atoms with Crippen molar-refractivity contribution in [3.05, 3.63) is 47.5 Å². The molecule has 0 N–H and O–H groups in total. The molecule has 0 unspecified atom stereocenters. The Bertz CT molecular complexity index is 870. The molecule has 0 aromatic heterocycles. The lowest BCUT2D eigenvalue weighted by Gasteiger charge is -2.07. The molecule has 1 aliphatic rings. The second-order valence-electron chi connectivity index (χ2n) is 5.11. The number of ether oxygens (including phenoxy) is 1. The van der Waals surface area contributed by atoms with Crippen LogP contribution in [0.25, 0.3) is 0 Å². The first-order chi connectivity index (χ1) is 10.4. The van der Waals surface area contributed by atoms with Crippen molar-refractivity contribution in [3.8, 4) is 5.75 Å². The van der Waals surface area contributed by atoms with E-state index in [1.54, 1.807) is 19.2 Å². The fourth-order valence-electron chi connectivity index (χ4n) is 2.35. The van der Waals surface area contributed by atoms with Crippen LogP contribution in [0.5, 0.6) is 5.75 Å². The SMILES string of the molecule is COc1ccc2c(c1)CC(=O)c1cc(S(C)(=O)=O)ccc1S2. The van der Waals surface area contributed by atoms with Crippen molar-refractivity contribution < 1.29 is 17.9 Å². The highest BCUT2D eigenvalue weighted by Gasteiger charge is 2.22. The van der Waals surface area contributed by atoms with Gasteiger partial charge in [0, 0.05) is 28.0 Å². The smallest absolute Gasteiger partial charge is 0.175 e. The van der Waals surface area contributed by atoms with E-state index in [0.717, 1.165) is 21.6 Å². The number of sulfone groups is 1. The highest BCUT2D eigenvalue weighted by Crippen LogP contribution is 2.39. The van der Waals surface area contributed by atoms with Crippen molar-refractivity contribution in [1.82, 2.24) is 0 Å². The van der Waals surface area contributed by atoms with E-state index < -0.39 is 9.84 Å². The summed E-state index contributed by atoms with van der Waals surface area (Å²) in [6, 6.07) is 10.3. The van der Waals surface area contributed by atoms with Gasteiger partial charge in [-0.05, 0) is 42.0 Å². The number of rotatable bonds is 2. The van der Waals surface area contributed by atoms with Gasteiger partial charge in [0.1, 0.15) is 5.75 Å². The molecule has 22 heavy (non-hydrogen) atoms. The van der Waals surface area contributed by atoms with Gasteiger partial charge in [0.25, 0.3) is 0 Å². The number of methoxy groups -OCH3 is 1. The molecule has 0 spiro atoms. The summed E-state index contributed by atoms with van der Waals surface area (Å²) in [5.74, 6) is 0.620. The van der Waals surface area contributed by atoms with Crippen molar-refractivity contribution >= 4 is 27.4 Å². The topological polar surface area (TPSA) is 60.4 Å². The molecule has 0 radical (unpaired) electrons. The molecule has 0 atom stereocenters. The Morgan fingerprint density at radius 3 is 2.50 bits per heavy atom. The fourth-order valence-corrected chi connectivity index (χ4v) is 4.05. The number of Topliss-reactive ketones (excluding diaryl/α,β-unsaturated/α-hetero) is 1. The molecular weight excluding hydrogens is 320 g/mol. The van der Waals surface area contributed by atoms with Gasteiger partial charge in [-0.1, -0.05) is 11.8 Å². The summed E-state index contributed by atoms with van der Waals surface area (Å²) in [7, 11) is -1.75. The molecule has 0 saturated carbocycles. The first kappa shape index (κ1) is 15.1. The summed E-state index contributed by atoms with van der Waals surface area (Å²) in [6.07, 6.45) is 1.38. The van der Waals surface area contributed by atoms with Crippen LogP contribution in [0.15, 0.2) is 51.1 Å². The molecule has 4 nitrogen and oxygen atoms in total. The summed E-state index contributed by atoms with van der Waals surface area (Å²) in [6.45, 7) is 0. The average molecular weight is 334 g/mol. The number of fused-ring (bicyclic) bond motifs is 2. The van der Waals surface area contributed by atoms with E-state index in [-0.39, 0.29) is 17.1 Å². The molecule has 0 fully saturated rings. The number of benzene rings is 2. The molecule has 6 heteroatoms. The maximum Gasteiger partial charge on any atom is 0.175 e. The van der Waals surface area contributed by atoms with Crippen LogP contribution in [0.2, 0.25) is 0 Å². The predicted octanol–water partition coefficient (Wildman–Crippen LogP) is 2.99. The van der Waals surface area contributed by atoms with Gasteiger partial charge < -0.3 is 4.74 Å². The van der Waals surface area contributed by atoms with E-state index in [1.807, 2.05) is 18.2 Å². The summed E-state index contributed by atoms with van der Waals surface area (Å²) in [5, 5.41) is 0. The quantitative estimate of drug-likeness (QED) is 0.845. The normalized spacial score (nSPS) is 14.0. The molecule has 0 aliphatic carbocycles.